The molecule has 1 aliphatic carbocycles. The van der Waals surface area contributed by atoms with E-state index in [0.717, 1.165) is 51.0 Å². The van der Waals surface area contributed by atoms with Gasteiger partial charge in [0.25, 0.3) is 0 Å². The minimum absolute atomic E-state index is 0.260. The molecule has 0 unspecified atom stereocenters. The summed E-state index contributed by atoms with van der Waals surface area (Å²) >= 11 is 0. The normalized spacial score (nSPS) is 18.6. The van der Waals surface area contributed by atoms with Crippen LogP contribution in [-0.4, -0.2) is 41.4 Å². The maximum atomic E-state index is 12.4. The molecule has 3 rings (SSSR count). The highest BCUT2D eigenvalue weighted by Gasteiger charge is 2.29. The van der Waals surface area contributed by atoms with Crippen LogP contribution in [0.3, 0.4) is 0 Å². The SMILES string of the molecule is CCC(=O)N(C1=CCC=C1)C1CCN(CCc2ccccc2)CC1. The maximum Gasteiger partial charge on any atom is 0.226 e. The first-order valence-corrected chi connectivity index (χ1v) is 9.23. The maximum absolute atomic E-state index is 12.4. The zero-order valence-electron chi connectivity index (χ0n) is 14.7. The lowest BCUT2D eigenvalue weighted by atomic mass is 10.0. The van der Waals surface area contributed by atoms with E-state index in [9.17, 15) is 4.79 Å². The molecule has 0 radical (unpaired) electrons. The number of carbonyl (C=O) groups is 1. The fraction of sp³-hybridized carbons (Fsp3) is 0.476. The number of likely N-dealkylation sites (tertiary alicyclic amines) is 1. The van der Waals surface area contributed by atoms with Crippen LogP contribution >= 0.6 is 0 Å². The number of nitrogens with zero attached hydrogens (tertiary/aromatic N) is 2. The summed E-state index contributed by atoms with van der Waals surface area (Å²) in [5.41, 5.74) is 2.52. The van der Waals surface area contributed by atoms with Crippen molar-refractivity contribution in [2.45, 2.75) is 45.1 Å². The summed E-state index contributed by atoms with van der Waals surface area (Å²) in [6, 6.07) is 11.1. The van der Waals surface area contributed by atoms with E-state index in [2.05, 4.69) is 58.4 Å². The van der Waals surface area contributed by atoms with Gasteiger partial charge in [-0.1, -0.05) is 49.4 Å². The lowest BCUT2D eigenvalue weighted by molar-refractivity contribution is -0.131. The topological polar surface area (TPSA) is 23.6 Å². The molecule has 3 nitrogen and oxygen atoms in total. The van der Waals surface area contributed by atoms with Crippen LogP contribution in [0.5, 0.6) is 0 Å². The van der Waals surface area contributed by atoms with E-state index >= 15 is 0 Å². The Kier molecular flexibility index (Phi) is 5.86. The van der Waals surface area contributed by atoms with Crippen molar-refractivity contribution in [1.29, 1.82) is 0 Å². The smallest absolute Gasteiger partial charge is 0.226 e. The van der Waals surface area contributed by atoms with Gasteiger partial charge in [-0.05, 0) is 37.3 Å². The fourth-order valence-electron chi connectivity index (χ4n) is 3.69. The van der Waals surface area contributed by atoms with Crippen molar-refractivity contribution in [1.82, 2.24) is 9.80 Å². The van der Waals surface area contributed by atoms with E-state index in [-0.39, 0.29) is 5.91 Å². The standard InChI is InChI=1S/C21H28N2O/c1-2-21(24)23(19-10-6-7-11-19)20-13-16-22(17-14-20)15-12-18-8-4-3-5-9-18/h3-6,8-11,20H,2,7,12-17H2,1H3. The minimum Gasteiger partial charge on any atom is -0.310 e. The quantitative estimate of drug-likeness (QED) is 0.795. The fourth-order valence-corrected chi connectivity index (χ4v) is 3.69. The Balaban J connectivity index is 1.53. The largest absolute Gasteiger partial charge is 0.310 e. The molecule has 0 bridgehead atoms. The van der Waals surface area contributed by atoms with Gasteiger partial charge >= 0.3 is 0 Å². The first-order chi connectivity index (χ1) is 11.8. The van der Waals surface area contributed by atoms with Crippen LogP contribution in [0.25, 0.3) is 0 Å². The molecule has 1 fully saturated rings. The molecule has 1 aliphatic heterocycles. The summed E-state index contributed by atoms with van der Waals surface area (Å²) in [7, 11) is 0. The average Bonchev–Trinajstić information content (AvgIpc) is 3.16. The van der Waals surface area contributed by atoms with Gasteiger partial charge in [0.15, 0.2) is 0 Å². The molecule has 1 aromatic rings. The molecule has 0 saturated carbocycles. The van der Waals surface area contributed by atoms with Crippen LogP contribution in [0, 0.1) is 0 Å². The Morgan fingerprint density at radius 2 is 1.96 bits per heavy atom. The number of benzene rings is 1. The molecular formula is C21H28N2O. The second kappa shape index (κ2) is 8.29. The lowest BCUT2D eigenvalue weighted by Gasteiger charge is -2.38. The molecule has 0 spiro atoms. The molecule has 1 saturated heterocycles. The summed E-state index contributed by atoms with van der Waals surface area (Å²) in [6.07, 6.45) is 11.2. The van der Waals surface area contributed by atoms with E-state index in [1.165, 1.54) is 5.56 Å². The molecular weight excluding hydrogens is 296 g/mol. The summed E-state index contributed by atoms with van der Waals surface area (Å²) in [5, 5.41) is 0. The van der Waals surface area contributed by atoms with Crippen LogP contribution < -0.4 is 0 Å². The number of hydrogen-bond acceptors (Lipinski definition) is 2. The third-order valence-corrected chi connectivity index (χ3v) is 5.08. The predicted octanol–water partition coefficient (Wildman–Crippen LogP) is 3.78. The average molecular weight is 324 g/mol. The van der Waals surface area contributed by atoms with Crippen molar-refractivity contribution < 1.29 is 4.79 Å². The molecule has 2 aliphatic rings. The Morgan fingerprint density at radius 1 is 1.21 bits per heavy atom. The molecule has 1 aromatic carbocycles. The van der Waals surface area contributed by atoms with Crippen molar-refractivity contribution in [3.63, 3.8) is 0 Å². The third-order valence-electron chi connectivity index (χ3n) is 5.08. The first-order valence-electron chi connectivity index (χ1n) is 9.23. The second-order valence-corrected chi connectivity index (χ2v) is 6.69. The van der Waals surface area contributed by atoms with Crippen molar-refractivity contribution in [3.05, 3.63) is 59.8 Å². The van der Waals surface area contributed by atoms with Crippen LogP contribution in [0.15, 0.2) is 54.3 Å². The Morgan fingerprint density at radius 3 is 2.58 bits per heavy atom. The number of amides is 1. The van der Waals surface area contributed by atoms with Gasteiger partial charge < -0.3 is 9.80 Å². The molecule has 1 amide bonds. The van der Waals surface area contributed by atoms with E-state index in [1.807, 2.05) is 6.92 Å². The Bertz CT molecular complexity index is 598. The number of rotatable bonds is 6. The number of carbonyl (C=O) groups excluding carboxylic acids is 1. The molecule has 0 N–H and O–H groups in total. The highest BCUT2D eigenvalue weighted by molar-refractivity contribution is 5.79. The summed E-state index contributed by atoms with van der Waals surface area (Å²) in [4.78, 5) is 17.0. The summed E-state index contributed by atoms with van der Waals surface area (Å²) in [5.74, 6) is 0.260. The van der Waals surface area contributed by atoms with Crippen LogP contribution in [0.1, 0.15) is 38.2 Å². The molecule has 128 valence electrons. The molecule has 0 atom stereocenters. The molecule has 0 aromatic heterocycles. The highest BCUT2D eigenvalue weighted by Crippen LogP contribution is 2.25. The van der Waals surface area contributed by atoms with E-state index in [4.69, 9.17) is 0 Å². The van der Waals surface area contributed by atoms with Gasteiger partial charge in [0.2, 0.25) is 5.91 Å². The van der Waals surface area contributed by atoms with Crippen molar-refractivity contribution in [3.8, 4) is 0 Å². The van der Waals surface area contributed by atoms with Crippen molar-refractivity contribution >= 4 is 5.91 Å². The zero-order valence-corrected chi connectivity index (χ0v) is 14.7. The molecule has 1 heterocycles. The van der Waals surface area contributed by atoms with E-state index < -0.39 is 0 Å². The summed E-state index contributed by atoms with van der Waals surface area (Å²) in [6.45, 7) is 5.24. The van der Waals surface area contributed by atoms with Gasteiger partial charge in [-0.2, -0.15) is 0 Å². The zero-order chi connectivity index (χ0) is 16.8. The Labute approximate surface area is 145 Å². The monoisotopic (exact) mass is 324 g/mol. The lowest BCUT2D eigenvalue weighted by Crippen LogP contribution is -2.46. The first kappa shape index (κ1) is 17.0. The molecule has 3 heteroatoms. The van der Waals surface area contributed by atoms with Gasteiger partial charge in [-0.25, -0.2) is 0 Å². The summed E-state index contributed by atoms with van der Waals surface area (Å²) < 4.78 is 0. The van der Waals surface area contributed by atoms with Gasteiger partial charge in [-0.3, -0.25) is 4.79 Å². The third kappa shape index (κ3) is 4.15. The van der Waals surface area contributed by atoms with E-state index in [1.54, 1.807) is 0 Å². The van der Waals surface area contributed by atoms with Gasteiger partial charge in [-0.15, -0.1) is 0 Å². The van der Waals surface area contributed by atoms with Crippen LogP contribution in [0.2, 0.25) is 0 Å². The number of hydrogen-bond donors (Lipinski definition) is 0. The predicted molar refractivity (Wildman–Crippen MR) is 98.6 cm³/mol. The second-order valence-electron chi connectivity index (χ2n) is 6.69. The highest BCUT2D eigenvalue weighted by atomic mass is 16.2. The molecule has 24 heavy (non-hydrogen) atoms. The van der Waals surface area contributed by atoms with Crippen LogP contribution in [-0.2, 0) is 11.2 Å². The van der Waals surface area contributed by atoms with Crippen LogP contribution in [0.4, 0.5) is 0 Å². The van der Waals surface area contributed by atoms with Crippen molar-refractivity contribution in [2.24, 2.45) is 0 Å². The Hall–Kier alpha value is -1.87. The van der Waals surface area contributed by atoms with E-state index in [0.29, 0.717) is 12.5 Å². The van der Waals surface area contributed by atoms with Gasteiger partial charge in [0.1, 0.15) is 0 Å². The minimum atomic E-state index is 0.260. The number of allylic oxidation sites excluding steroid dienone is 3. The van der Waals surface area contributed by atoms with Gasteiger partial charge in [0, 0.05) is 37.8 Å². The van der Waals surface area contributed by atoms with Gasteiger partial charge in [0.05, 0.1) is 0 Å². The number of piperidine rings is 1. The van der Waals surface area contributed by atoms with Crippen molar-refractivity contribution in [2.75, 3.05) is 19.6 Å².